The number of aryl methyl sites for hydroxylation is 3. The van der Waals surface area contributed by atoms with Gasteiger partial charge in [-0.25, -0.2) is 0 Å². The van der Waals surface area contributed by atoms with Gasteiger partial charge >= 0.3 is 0 Å². The predicted octanol–water partition coefficient (Wildman–Crippen LogP) is 31.3. The number of benzene rings is 6. The first-order valence-corrected chi connectivity index (χ1v) is 42.6. The molecule has 1 unspecified atom stereocenters. The number of nitrogens with zero attached hydrogens (tertiary/aromatic N) is 3. The van der Waals surface area contributed by atoms with Crippen LogP contribution in [0.1, 0.15) is 308 Å². The van der Waals surface area contributed by atoms with Gasteiger partial charge in [-0.15, -0.1) is 22.7 Å². The molecule has 11 aromatic rings. The van der Waals surface area contributed by atoms with Gasteiger partial charge in [0.05, 0.1) is 0 Å². The summed E-state index contributed by atoms with van der Waals surface area (Å²) in [4.78, 5) is 5.43. The van der Waals surface area contributed by atoms with Crippen molar-refractivity contribution in [2.75, 3.05) is 0 Å². The number of fused-ring (bicyclic) bond motifs is 12. The molecule has 0 bridgehead atoms. The fraction of sp³-hybridized carbons (Fsp3) is 0.527. The fourth-order valence-corrected chi connectivity index (χ4v) is 19.3. The van der Waals surface area contributed by atoms with Crippen molar-refractivity contribution in [1.82, 2.24) is 13.7 Å². The Kier molecular flexibility index (Phi) is 27.7. The maximum absolute atomic E-state index is 2.74. The van der Waals surface area contributed by atoms with Crippen LogP contribution in [0.25, 0.3) is 107 Å². The van der Waals surface area contributed by atoms with E-state index in [0.29, 0.717) is 5.92 Å². The molecule has 1 aliphatic rings. The second-order valence-corrected chi connectivity index (χ2v) is 32.4. The lowest BCUT2D eigenvalue weighted by Crippen LogP contribution is -1.99. The molecule has 0 saturated carbocycles. The van der Waals surface area contributed by atoms with Gasteiger partial charge in [-0.1, -0.05) is 332 Å². The van der Waals surface area contributed by atoms with E-state index in [4.69, 9.17) is 0 Å². The van der Waals surface area contributed by atoms with Gasteiger partial charge in [0.2, 0.25) is 0 Å². The predicted molar refractivity (Wildman–Crippen MR) is 437 cm³/mol. The molecule has 522 valence electrons. The van der Waals surface area contributed by atoms with Crippen molar-refractivity contribution in [2.24, 2.45) is 0 Å². The van der Waals surface area contributed by atoms with Gasteiger partial charge in [-0.3, -0.25) is 0 Å². The summed E-state index contributed by atoms with van der Waals surface area (Å²) in [6.07, 6.45) is 55.8. The Bertz CT molecular complexity index is 4230. The molecule has 5 heteroatoms. The van der Waals surface area contributed by atoms with Crippen LogP contribution in [0.5, 0.6) is 0 Å². The van der Waals surface area contributed by atoms with Crippen molar-refractivity contribution in [1.29, 1.82) is 0 Å². The first-order valence-electron chi connectivity index (χ1n) is 40.9. The Hall–Kier alpha value is -5.88. The first-order chi connectivity index (χ1) is 48.6. The Morgan fingerprint density at radius 1 is 0.245 bits per heavy atom. The quantitative estimate of drug-likeness (QED) is 0.0338. The van der Waals surface area contributed by atoms with Crippen molar-refractivity contribution in [3.63, 3.8) is 0 Å². The third-order valence-electron chi connectivity index (χ3n) is 22.9. The fourth-order valence-electron chi connectivity index (χ4n) is 17.2. The minimum absolute atomic E-state index is 0.478. The van der Waals surface area contributed by atoms with Gasteiger partial charge in [0, 0.05) is 110 Å². The number of para-hydroxylation sites is 1. The van der Waals surface area contributed by atoms with Crippen LogP contribution in [0.2, 0.25) is 0 Å². The summed E-state index contributed by atoms with van der Waals surface area (Å²) in [5, 5.41) is 8.48. The summed E-state index contributed by atoms with van der Waals surface area (Å²) in [7, 11) is 0. The maximum Gasteiger partial charge on any atom is 0.0499 e. The number of aromatic nitrogens is 3. The van der Waals surface area contributed by atoms with Gasteiger partial charge in [0.15, 0.2) is 0 Å². The molecule has 1 aliphatic carbocycles. The molecule has 0 aliphatic heterocycles. The van der Waals surface area contributed by atoms with Gasteiger partial charge in [0.1, 0.15) is 0 Å². The Balaban J connectivity index is 0.798. The standard InChI is InChI=1S/C93H123N3S2/c1-5-9-13-17-21-25-29-33-37-41-49-74-73-50-42-43-51-75(73)80-68-87-81(67-79(74)80)77-56-54-71(65-85(77)95(87)63-47-39-35-31-27-23-19-15-11-7-3)90-58-60-92(97-90)93-61-59-91(98-93)72-55-57-78-83-70-88-82(69-89(83)96(86(78)66-72)64-48-40-36-32-28-24-20-16-12-8-4)76-52-44-45-53-84(76)94(88)62-46-38-34-30-26-22-18-14-10-6-2/h42-45,50-61,65-70,74H,5-41,46-49,62-64H2,1-4H3. The summed E-state index contributed by atoms with van der Waals surface area (Å²) >= 11 is 3.94. The van der Waals surface area contributed by atoms with E-state index in [1.807, 2.05) is 22.7 Å². The second-order valence-electron chi connectivity index (χ2n) is 30.3. The summed E-state index contributed by atoms with van der Waals surface area (Å²) < 4.78 is 8.14. The molecule has 0 fully saturated rings. The van der Waals surface area contributed by atoms with Crippen LogP contribution in [0.3, 0.4) is 0 Å². The summed E-state index contributed by atoms with van der Waals surface area (Å²) in [6, 6.07) is 53.7. The molecule has 0 radical (unpaired) electrons. The molecule has 3 nitrogen and oxygen atoms in total. The van der Waals surface area contributed by atoms with Crippen LogP contribution in [-0.4, -0.2) is 13.7 Å². The van der Waals surface area contributed by atoms with E-state index in [9.17, 15) is 0 Å². The number of hydrogen-bond donors (Lipinski definition) is 0. The largest absolute Gasteiger partial charge is 0.340 e. The second kappa shape index (κ2) is 37.7. The summed E-state index contributed by atoms with van der Waals surface area (Å²) in [5.41, 5.74) is 17.2. The Labute approximate surface area is 600 Å². The van der Waals surface area contributed by atoms with E-state index in [2.05, 4.69) is 175 Å². The van der Waals surface area contributed by atoms with E-state index in [1.54, 1.807) is 11.1 Å². The lowest BCUT2D eigenvalue weighted by molar-refractivity contribution is 0.541. The number of hydrogen-bond acceptors (Lipinski definition) is 2. The number of rotatable bonds is 47. The minimum atomic E-state index is 0.478. The van der Waals surface area contributed by atoms with Gasteiger partial charge < -0.3 is 13.7 Å². The average Bonchev–Trinajstić information content (AvgIpc) is 1.57. The Morgan fingerprint density at radius 2 is 0.582 bits per heavy atom. The molecule has 0 saturated heterocycles. The molecule has 0 spiro atoms. The normalized spacial score (nSPS) is 13.2. The topological polar surface area (TPSA) is 14.8 Å². The highest BCUT2D eigenvalue weighted by Crippen LogP contribution is 2.51. The Morgan fingerprint density at radius 3 is 1.03 bits per heavy atom. The highest BCUT2D eigenvalue weighted by Gasteiger charge is 2.30. The monoisotopic (exact) mass is 1350 g/mol. The molecule has 12 rings (SSSR count). The minimum Gasteiger partial charge on any atom is -0.340 e. The van der Waals surface area contributed by atoms with Crippen molar-refractivity contribution in [2.45, 2.75) is 317 Å². The van der Waals surface area contributed by atoms with Crippen molar-refractivity contribution in [3.8, 4) is 41.8 Å². The maximum atomic E-state index is 2.74. The van der Waals surface area contributed by atoms with Crippen LogP contribution in [-0.2, 0) is 19.6 Å². The molecular formula is C93H123N3S2. The summed E-state index contributed by atoms with van der Waals surface area (Å²) in [5.74, 6) is 0.478. The van der Waals surface area contributed by atoms with Gasteiger partial charge in [-0.05, 0) is 126 Å². The first kappa shape index (κ1) is 71.9. The number of thiophene rings is 2. The molecule has 5 aromatic heterocycles. The molecule has 0 N–H and O–H groups in total. The highest BCUT2D eigenvalue weighted by atomic mass is 32.1. The van der Waals surface area contributed by atoms with Crippen LogP contribution in [0, 0.1) is 0 Å². The zero-order chi connectivity index (χ0) is 67.1. The molecular weight excluding hydrogens is 1220 g/mol. The molecule has 5 heterocycles. The van der Waals surface area contributed by atoms with E-state index >= 15 is 0 Å². The van der Waals surface area contributed by atoms with Crippen LogP contribution < -0.4 is 0 Å². The lowest BCUT2D eigenvalue weighted by atomic mass is 9.90. The van der Waals surface area contributed by atoms with E-state index in [0.717, 1.165) is 19.6 Å². The van der Waals surface area contributed by atoms with Crippen molar-refractivity contribution >= 4 is 88.1 Å². The molecule has 0 amide bonds. The summed E-state index contributed by atoms with van der Waals surface area (Å²) in [6.45, 7) is 12.5. The zero-order valence-electron chi connectivity index (χ0n) is 61.5. The molecule has 98 heavy (non-hydrogen) atoms. The highest BCUT2D eigenvalue weighted by molar-refractivity contribution is 7.25. The average molecular weight is 1350 g/mol. The van der Waals surface area contributed by atoms with Crippen molar-refractivity contribution in [3.05, 3.63) is 145 Å². The van der Waals surface area contributed by atoms with Gasteiger partial charge in [-0.2, -0.15) is 0 Å². The van der Waals surface area contributed by atoms with Crippen LogP contribution in [0.15, 0.2) is 133 Å². The molecule has 6 aromatic carbocycles. The smallest absolute Gasteiger partial charge is 0.0499 e. The van der Waals surface area contributed by atoms with Crippen LogP contribution in [0.4, 0.5) is 0 Å². The lowest BCUT2D eigenvalue weighted by Gasteiger charge is -2.14. The van der Waals surface area contributed by atoms with Gasteiger partial charge in [0.25, 0.3) is 0 Å². The van der Waals surface area contributed by atoms with E-state index < -0.39 is 0 Å². The third kappa shape index (κ3) is 17.9. The van der Waals surface area contributed by atoms with Crippen molar-refractivity contribution < 1.29 is 0 Å². The van der Waals surface area contributed by atoms with E-state index in [-0.39, 0.29) is 0 Å². The third-order valence-corrected chi connectivity index (χ3v) is 25.3. The number of unbranched alkanes of at least 4 members (excludes halogenated alkanes) is 36. The SMILES string of the molecule is CCCCCCCCCCCCC1c2ccccc2-c2cc3c(cc21)c1ccc(-c2ccc(-c4ccc(-c5ccc6c7cc8c(cc7n(CCCCCCCCCCCC)c6c5)c5ccccc5n8CCCCCCCCCCCC)s4)s2)cc1n3CCCCCCCCCCCC. The zero-order valence-corrected chi connectivity index (χ0v) is 63.2. The molecule has 1 atom stereocenters. The van der Waals surface area contributed by atoms with E-state index in [1.165, 1.54) is 370 Å². The van der Waals surface area contributed by atoms with Crippen LogP contribution >= 0.6 is 22.7 Å².